The topological polar surface area (TPSA) is 63.6 Å². The number of nitrogens with zero attached hydrogens (tertiary/aromatic N) is 4. The molecule has 88 valence electrons. The van der Waals surface area contributed by atoms with Gasteiger partial charge >= 0.3 is 0 Å². The van der Waals surface area contributed by atoms with E-state index in [2.05, 4.69) is 41.2 Å². The number of hydrogen-bond acceptors (Lipinski definition) is 5. The Bertz CT molecular complexity index is 515. The fourth-order valence-corrected chi connectivity index (χ4v) is 1.70. The van der Waals surface area contributed by atoms with Crippen molar-refractivity contribution in [3.63, 3.8) is 0 Å². The Hall–Kier alpha value is -1.56. The van der Waals surface area contributed by atoms with E-state index in [1.165, 1.54) is 6.33 Å². The maximum Gasteiger partial charge on any atom is 0.180 e. The number of rotatable bonds is 3. The van der Waals surface area contributed by atoms with Gasteiger partial charge in [0.05, 0.1) is 10.2 Å². The lowest BCUT2D eigenvalue weighted by Gasteiger charge is -2.09. The first-order valence-corrected chi connectivity index (χ1v) is 6.06. The molecule has 0 atom stereocenters. The minimum absolute atomic E-state index is 0.601. The van der Waals surface area contributed by atoms with Crippen LogP contribution in [0.3, 0.4) is 0 Å². The van der Waals surface area contributed by atoms with Crippen LogP contribution in [0.25, 0.3) is 11.5 Å². The number of hydrogen-bond donors (Lipinski definition) is 1. The van der Waals surface area contributed by atoms with Crippen LogP contribution in [-0.2, 0) is 0 Å². The molecule has 1 N–H and O–H groups in total. The van der Waals surface area contributed by atoms with Gasteiger partial charge in [-0.05, 0) is 35.8 Å². The zero-order valence-corrected chi connectivity index (χ0v) is 11.2. The molecular formula is C11H12BrN5. The van der Waals surface area contributed by atoms with Crippen molar-refractivity contribution in [3.8, 4) is 11.5 Å². The number of aromatic nitrogens is 4. The molecule has 2 aromatic rings. The summed E-state index contributed by atoms with van der Waals surface area (Å²) >= 11 is 3.47. The molecule has 0 saturated heterocycles. The molecule has 0 aliphatic heterocycles. The van der Waals surface area contributed by atoms with Gasteiger partial charge in [-0.3, -0.25) is 0 Å². The predicted molar refractivity (Wildman–Crippen MR) is 69.7 cm³/mol. The molecule has 0 aliphatic rings. The molecule has 0 radical (unpaired) electrons. The van der Waals surface area contributed by atoms with Gasteiger partial charge in [0, 0.05) is 12.7 Å². The van der Waals surface area contributed by atoms with Crippen molar-refractivity contribution in [2.45, 2.75) is 13.8 Å². The normalized spacial score (nSPS) is 10.3. The largest absolute Gasteiger partial charge is 0.369 e. The first-order chi connectivity index (χ1) is 8.22. The van der Waals surface area contributed by atoms with E-state index in [1.54, 1.807) is 12.3 Å². The molecule has 2 heterocycles. The first-order valence-electron chi connectivity index (χ1n) is 5.26. The quantitative estimate of drug-likeness (QED) is 0.942. The second kappa shape index (κ2) is 5.18. The average Bonchev–Trinajstić information content (AvgIpc) is 2.36. The molecule has 0 saturated carbocycles. The molecule has 0 amide bonds. The van der Waals surface area contributed by atoms with Crippen LogP contribution < -0.4 is 5.32 Å². The summed E-state index contributed by atoms with van der Waals surface area (Å²) in [6.45, 7) is 4.75. The third-order valence-electron chi connectivity index (χ3n) is 2.17. The standard InChI is InChI=1S/C11H12BrN5/c1-3-14-11-9(12)7(2)16-10(17-11)8-4-5-13-6-15-8/h4-6H,3H2,1-2H3,(H,14,16,17). The van der Waals surface area contributed by atoms with Crippen molar-refractivity contribution in [3.05, 3.63) is 28.8 Å². The monoisotopic (exact) mass is 293 g/mol. The Labute approximate surface area is 108 Å². The third-order valence-corrected chi connectivity index (χ3v) is 3.12. The Balaban J connectivity index is 2.49. The molecule has 2 rings (SSSR count). The summed E-state index contributed by atoms with van der Waals surface area (Å²) in [5.74, 6) is 1.39. The number of nitrogens with one attached hydrogen (secondary N) is 1. The van der Waals surface area contributed by atoms with Gasteiger partial charge in [0.15, 0.2) is 5.82 Å². The van der Waals surface area contributed by atoms with E-state index in [-0.39, 0.29) is 0 Å². The fraction of sp³-hybridized carbons (Fsp3) is 0.273. The van der Waals surface area contributed by atoms with Gasteiger partial charge in [0.1, 0.15) is 17.8 Å². The van der Waals surface area contributed by atoms with E-state index >= 15 is 0 Å². The molecular weight excluding hydrogens is 282 g/mol. The van der Waals surface area contributed by atoms with Crippen LogP contribution in [0.15, 0.2) is 23.1 Å². The molecule has 0 spiro atoms. The highest BCUT2D eigenvalue weighted by Crippen LogP contribution is 2.25. The number of aryl methyl sites for hydroxylation is 1. The van der Waals surface area contributed by atoms with Gasteiger partial charge in [0.25, 0.3) is 0 Å². The maximum atomic E-state index is 4.43. The zero-order chi connectivity index (χ0) is 12.3. The second-order valence-electron chi connectivity index (χ2n) is 3.42. The number of halogens is 1. The van der Waals surface area contributed by atoms with E-state index in [4.69, 9.17) is 0 Å². The summed E-state index contributed by atoms with van der Waals surface area (Å²) < 4.78 is 0.886. The van der Waals surface area contributed by atoms with Crippen LogP contribution in [0.4, 0.5) is 5.82 Å². The summed E-state index contributed by atoms with van der Waals surface area (Å²) in [6, 6.07) is 1.79. The van der Waals surface area contributed by atoms with Crippen LogP contribution in [-0.4, -0.2) is 26.5 Å². The highest BCUT2D eigenvalue weighted by molar-refractivity contribution is 9.10. The molecule has 0 aliphatic carbocycles. The molecule has 0 fully saturated rings. The van der Waals surface area contributed by atoms with Crippen molar-refractivity contribution in [2.75, 3.05) is 11.9 Å². The summed E-state index contributed by atoms with van der Waals surface area (Å²) in [5, 5.41) is 3.19. The fourth-order valence-electron chi connectivity index (χ4n) is 1.38. The molecule has 17 heavy (non-hydrogen) atoms. The molecule has 6 heteroatoms. The van der Waals surface area contributed by atoms with Crippen LogP contribution in [0, 0.1) is 6.92 Å². The van der Waals surface area contributed by atoms with Crippen LogP contribution in [0.1, 0.15) is 12.6 Å². The van der Waals surface area contributed by atoms with Crippen molar-refractivity contribution >= 4 is 21.7 Å². The maximum absolute atomic E-state index is 4.43. The van der Waals surface area contributed by atoms with E-state index in [0.717, 1.165) is 28.2 Å². The van der Waals surface area contributed by atoms with Gasteiger partial charge in [-0.2, -0.15) is 0 Å². The van der Waals surface area contributed by atoms with Crippen molar-refractivity contribution in [2.24, 2.45) is 0 Å². The van der Waals surface area contributed by atoms with E-state index < -0.39 is 0 Å². The lowest BCUT2D eigenvalue weighted by Crippen LogP contribution is -2.05. The lowest BCUT2D eigenvalue weighted by atomic mass is 10.3. The van der Waals surface area contributed by atoms with Gasteiger partial charge in [-0.25, -0.2) is 19.9 Å². The smallest absolute Gasteiger partial charge is 0.180 e. The first kappa shape index (κ1) is 11.9. The minimum atomic E-state index is 0.601. The summed E-state index contributed by atoms with van der Waals surface area (Å²) in [7, 11) is 0. The summed E-state index contributed by atoms with van der Waals surface area (Å²) in [6.07, 6.45) is 3.17. The predicted octanol–water partition coefficient (Wildman–Crippen LogP) is 2.44. The second-order valence-corrected chi connectivity index (χ2v) is 4.21. The average molecular weight is 294 g/mol. The number of anilines is 1. The Morgan fingerprint density at radius 2 is 2.18 bits per heavy atom. The minimum Gasteiger partial charge on any atom is -0.369 e. The van der Waals surface area contributed by atoms with Crippen LogP contribution in [0.5, 0.6) is 0 Å². The zero-order valence-electron chi connectivity index (χ0n) is 9.61. The van der Waals surface area contributed by atoms with Crippen LogP contribution >= 0.6 is 15.9 Å². The van der Waals surface area contributed by atoms with Crippen LogP contribution in [0.2, 0.25) is 0 Å². The van der Waals surface area contributed by atoms with Crippen molar-refractivity contribution < 1.29 is 0 Å². The summed E-state index contributed by atoms with van der Waals surface area (Å²) in [4.78, 5) is 16.9. The summed E-state index contributed by atoms with van der Waals surface area (Å²) in [5.41, 5.74) is 1.60. The Morgan fingerprint density at radius 3 is 2.82 bits per heavy atom. The van der Waals surface area contributed by atoms with Gasteiger partial charge in [-0.1, -0.05) is 0 Å². The van der Waals surface area contributed by atoms with Crippen molar-refractivity contribution in [1.82, 2.24) is 19.9 Å². The SMILES string of the molecule is CCNc1nc(-c2ccncn2)nc(C)c1Br. The molecule has 5 nitrogen and oxygen atoms in total. The van der Waals surface area contributed by atoms with Gasteiger partial charge in [0.2, 0.25) is 0 Å². The highest BCUT2D eigenvalue weighted by Gasteiger charge is 2.10. The highest BCUT2D eigenvalue weighted by atomic mass is 79.9. The van der Waals surface area contributed by atoms with Gasteiger partial charge < -0.3 is 5.32 Å². The molecule has 0 unspecified atom stereocenters. The molecule has 0 aromatic carbocycles. The van der Waals surface area contributed by atoms with Gasteiger partial charge in [-0.15, -0.1) is 0 Å². The van der Waals surface area contributed by atoms with E-state index in [0.29, 0.717) is 5.82 Å². The van der Waals surface area contributed by atoms with E-state index in [1.807, 2.05) is 13.8 Å². The molecule has 0 bridgehead atoms. The van der Waals surface area contributed by atoms with E-state index in [9.17, 15) is 0 Å². The van der Waals surface area contributed by atoms with Crippen molar-refractivity contribution in [1.29, 1.82) is 0 Å². The Kier molecular flexibility index (Phi) is 3.63. The third kappa shape index (κ3) is 2.58. The molecule has 2 aromatic heterocycles. The lowest BCUT2D eigenvalue weighted by molar-refractivity contribution is 1.04. The Morgan fingerprint density at radius 1 is 1.35 bits per heavy atom.